The molecule has 0 spiro atoms. The molecular formula is C10H21N4O8PS. The van der Waals surface area contributed by atoms with Crippen molar-refractivity contribution in [3.63, 3.8) is 0 Å². The summed E-state index contributed by atoms with van der Waals surface area (Å²) in [4.78, 5) is 51.1. The van der Waals surface area contributed by atoms with E-state index in [0.29, 0.717) is 0 Å². The van der Waals surface area contributed by atoms with Crippen LogP contribution in [0, 0.1) is 0 Å². The van der Waals surface area contributed by atoms with Gasteiger partial charge in [0.05, 0.1) is 0 Å². The molecule has 0 heterocycles. The molecule has 0 aromatic carbocycles. The van der Waals surface area contributed by atoms with Crippen LogP contribution in [-0.2, 0) is 23.7 Å². The normalized spacial score (nSPS) is 13.5. The van der Waals surface area contributed by atoms with Crippen molar-refractivity contribution in [3.8, 4) is 0 Å². The maximum atomic E-state index is 11.5. The number of amides is 2. The molecule has 0 aromatic heterocycles. The van der Waals surface area contributed by atoms with Crippen LogP contribution in [0.25, 0.3) is 0 Å². The summed E-state index contributed by atoms with van der Waals surface area (Å²) in [5.41, 5.74) is 9.44. The van der Waals surface area contributed by atoms with Crippen molar-refractivity contribution in [1.29, 1.82) is 0 Å². The highest BCUT2D eigenvalue weighted by atomic mass is 32.1. The second-order valence-corrected chi connectivity index (χ2v) is 5.28. The van der Waals surface area contributed by atoms with Gasteiger partial charge in [-0.05, 0) is 6.42 Å². The van der Waals surface area contributed by atoms with Crippen LogP contribution >= 0.6 is 20.8 Å². The fourth-order valence-corrected chi connectivity index (χ4v) is 1.41. The number of nitrogens with one attached hydrogen (secondary N) is 2. The molecule has 0 bridgehead atoms. The van der Waals surface area contributed by atoms with Gasteiger partial charge in [0.15, 0.2) is 0 Å². The Bertz CT molecular complexity index is 474. The van der Waals surface area contributed by atoms with Crippen LogP contribution in [0.2, 0.25) is 0 Å². The van der Waals surface area contributed by atoms with Crippen molar-refractivity contribution in [3.05, 3.63) is 0 Å². The Balaban J connectivity index is 0. The molecule has 3 atom stereocenters. The van der Waals surface area contributed by atoms with Gasteiger partial charge in [0, 0.05) is 12.2 Å². The Kier molecular flexibility index (Phi) is 14.1. The van der Waals surface area contributed by atoms with Crippen LogP contribution in [0.3, 0.4) is 0 Å². The van der Waals surface area contributed by atoms with E-state index in [2.05, 4.69) is 28.8 Å². The highest BCUT2D eigenvalue weighted by Gasteiger charge is 2.20. The molecule has 0 saturated heterocycles. The summed E-state index contributed by atoms with van der Waals surface area (Å²) in [6.45, 7) is -0.567. The summed E-state index contributed by atoms with van der Waals surface area (Å²) in [6.07, 6.45) is -0.235. The Morgan fingerprint density at radius 3 is 2.08 bits per heavy atom. The topological polar surface area (TPSA) is 222 Å². The maximum absolute atomic E-state index is 11.5. The van der Waals surface area contributed by atoms with Crippen molar-refractivity contribution in [2.45, 2.75) is 24.9 Å². The predicted octanol–water partition coefficient (Wildman–Crippen LogP) is -2.88. The average molecular weight is 388 g/mol. The first-order chi connectivity index (χ1) is 11.0. The number of carboxylic acid groups (broad SMARTS) is 2. The van der Waals surface area contributed by atoms with Gasteiger partial charge in [0.1, 0.15) is 18.6 Å². The van der Waals surface area contributed by atoms with Crippen LogP contribution in [0.4, 0.5) is 0 Å². The lowest BCUT2D eigenvalue weighted by atomic mass is 10.1. The van der Waals surface area contributed by atoms with E-state index < -0.39 is 50.6 Å². The summed E-state index contributed by atoms with van der Waals surface area (Å²) in [7, 11) is -2.63. The zero-order chi connectivity index (χ0) is 19.3. The van der Waals surface area contributed by atoms with Crippen LogP contribution in [0.1, 0.15) is 12.8 Å². The number of carbonyl (C=O) groups excluding carboxylic acids is 2. The minimum absolute atomic E-state index is 0.0256. The van der Waals surface area contributed by atoms with Gasteiger partial charge < -0.3 is 31.5 Å². The van der Waals surface area contributed by atoms with Gasteiger partial charge in [0.2, 0.25) is 11.8 Å². The van der Waals surface area contributed by atoms with Gasteiger partial charge in [-0.3, -0.25) is 29.2 Å². The lowest BCUT2D eigenvalue weighted by Gasteiger charge is -2.16. The van der Waals surface area contributed by atoms with E-state index in [4.69, 9.17) is 25.4 Å². The molecule has 0 rings (SSSR count). The third-order valence-electron chi connectivity index (χ3n) is 2.25. The number of rotatable bonds is 9. The molecule has 24 heavy (non-hydrogen) atoms. The minimum atomic E-state index is -2.63. The molecule has 140 valence electrons. The van der Waals surface area contributed by atoms with Gasteiger partial charge >= 0.3 is 11.9 Å². The second-order valence-electron chi connectivity index (χ2n) is 4.24. The van der Waals surface area contributed by atoms with Crippen LogP contribution < -0.4 is 21.9 Å². The monoisotopic (exact) mass is 388 g/mol. The first kappa shape index (κ1) is 24.6. The predicted molar refractivity (Wildman–Crippen MR) is 86.7 cm³/mol. The molecule has 1 unspecified atom stereocenters. The van der Waals surface area contributed by atoms with Gasteiger partial charge in [-0.2, -0.15) is 12.6 Å². The summed E-state index contributed by atoms with van der Waals surface area (Å²) < 4.78 is 8.96. The lowest BCUT2D eigenvalue weighted by Crippen LogP contribution is -2.49. The Hall–Kier alpha value is -1.66. The summed E-state index contributed by atoms with van der Waals surface area (Å²) in [5, 5.41) is 21.4. The van der Waals surface area contributed by atoms with E-state index in [1.807, 2.05) is 0 Å². The van der Waals surface area contributed by atoms with E-state index >= 15 is 0 Å². The maximum Gasteiger partial charge on any atom is 0.322 e. The van der Waals surface area contributed by atoms with E-state index in [-0.39, 0.29) is 18.6 Å². The third-order valence-corrected chi connectivity index (χ3v) is 2.61. The number of thiol groups is 1. The smallest absolute Gasteiger partial charge is 0.322 e. The standard InChI is InChI=1S/C10H17N3O6S.H4NO2P/c11-5(10(18)19)1-2-7(14)13-6(4-20)9(17)12-3-8(15)16;1-4(2)3/h5-6,20H,1-4,11H2,(H,12,17)(H,13,14)(H,15,16)(H,18,19);4H,(H3,1,2,3)/t5-,6-;/m0./s1. The molecule has 0 aliphatic heterocycles. The summed E-state index contributed by atoms with van der Waals surface area (Å²) >= 11 is 3.87. The zero-order valence-electron chi connectivity index (χ0n) is 12.5. The molecule has 12 nitrogen and oxygen atoms in total. The molecule has 0 aromatic rings. The van der Waals surface area contributed by atoms with E-state index in [1.54, 1.807) is 0 Å². The SMILES string of the molecule is N[C@@H](CCC(=O)N[C@@H](CS)C(=O)NCC(=O)O)C(=O)O.N[PH](=O)O. The molecule has 0 aliphatic carbocycles. The number of carbonyl (C=O) groups is 4. The first-order valence-electron chi connectivity index (χ1n) is 6.37. The van der Waals surface area contributed by atoms with Crippen molar-refractivity contribution in [2.75, 3.05) is 12.3 Å². The highest BCUT2D eigenvalue weighted by Crippen LogP contribution is 1.97. The average Bonchev–Trinajstić information content (AvgIpc) is 2.46. The molecular weight excluding hydrogens is 367 g/mol. The first-order valence-corrected chi connectivity index (χ1v) is 8.44. The van der Waals surface area contributed by atoms with Crippen LogP contribution in [0.5, 0.6) is 0 Å². The van der Waals surface area contributed by atoms with E-state index in [0.717, 1.165) is 0 Å². The molecule has 0 radical (unpaired) electrons. The molecule has 2 amide bonds. The fraction of sp³-hybridized carbons (Fsp3) is 0.600. The molecule has 14 heteroatoms. The Labute approximate surface area is 143 Å². The van der Waals surface area contributed by atoms with Gasteiger partial charge in [-0.15, -0.1) is 0 Å². The Morgan fingerprint density at radius 1 is 1.21 bits per heavy atom. The lowest BCUT2D eigenvalue weighted by molar-refractivity contribution is -0.139. The number of nitrogens with two attached hydrogens (primary N) is 2. The quantitative estimate of drug-likeness (QED) is 0.149. The van der Waals surface area contributed by atoms with E-state index in [9.17, 15) is 19.2 Å². The van der Waals surface area contributed by atoms with Crippen molar-refractivity contribution in [2.24, 2.45) is 11.2 Å². The third kappa shape index (κ3) is 15.2. The number of hydrogen-bond acceptors (Lipinski definition) is 7. The Morgan fingerprint density at radius 2 is 1.71 bits per heavy atom. The summed E-state index contributed by atoms with van der Waals surface area (Å²) in [6, 6.07) is -2.15. The second kappa shape index (κ2) is 13.7. The largest absolute Gasteiger partial charge is 0.480 e. The van der Waals surface area contributed by atoms with Crippen molar-refractivity contribution < 1.29 is 38.8 Å². The van der Waals surface area contributed by atoms with Crippen molar-refractivity contribution in [1.82, 2.24) is 10.6 Å². The van der Waals surface area contributed by atoms with Crippen molar-refractivity contribution >= 4 is 44.6 Å². The van der Waals surface area contributed by atoms with Crippen LogP contribution in [0.15, 0.2) is 0 Å². The molecule has 0 aliphatic rings. The molecule has 9 N–H and O–H groups in total. The number of hydrogen-bond donors (Lipinski definition) is 8. The zero-order valence-corrected chi connectivity index (χ0v) is 14.4. The van der Waals surface area contributed by atoms with E-state index in [1.165, 1.54) is 0 Å². The fourth-order valence-electron chi connectivity index (χ4n) is 1.16. The van der Waals surface area contributed by atoms with Gasteiger partial charge in [-0.25, -0.2) is 0 Å². The van der Waals surface area contributed by atoms with Gasteiger partial charge in [-0.1, -0.05) is 0 Å². The highest BCUT2D eigenvalue weighted by molar-refractivity contribution is 7.80. The summed E-state index contributed by atoms with van der Waals surface area (Å²) in [5.74, 6) is -3.70. The molecule has 0 fully saturated rings. The minimum Gasteiger partial charge on any atom is -0.480 e. The molecule has 0 saturated carbocycles. The number of aliphatic carboxylic acids is 2. The number of carboxylic acids is 2. The van der Waals surface area contributed by atoms with Gasteiger partial charge in [0.25, 0.3) is 8.18 Å². The van der Waals surface area contributed by atoms with Crippen LogP contribution in [-0.4, -0.2) is 63.2 Å².